The molecule has 0 aliphatic carbocycles. The van der Waals surface area contributed by atoms with Crippen LogP contribution in [0, 0.1) is 0 Å². The molecule has 2 aliphatic heterocycles. The zero-order valence-electron chi connectivity index (χ0n) is 18.4. The summed E-state index contributed by atoms with van der Waals surface area (Å²) < 4.78 is 11.3. The maximum absolute atomic E-state index is 13.3. The summed E-state index contributed by atoms with van der Waals surface area (Å²) in [5, 5.41) is 4.49. The number of aromatic amines is 2. The number of ether oxygens (including phenoxy) is 2. The van der Waals surface area contributed by atoms with Crippen LogP contribution < -0.4 is 15.8 Å². The predicted molar refractivity (Wildman–Crippen MR) is 130 cm³/mol. The van der Waals surface area contributed by atoms with Crippen LogP contribution in [-0.4, -0.2) is 60.5 Å². The molecular weight excluding hydrogens is 418 g/mol. The monoisotopic (exact) mass is 445 g/mol. The Labute approximate surface area is 190 Å². The Morgan fingerprint density at radius 3 is 2.73 bits per heavy atom. The normalized spacial score (nSPS) is 18.9. The van der Waals surface area contributed by atoms with Crippen molar-refractivity contribution in [3.05, 3.63) is 52.8 Å². The van der Waals surface area contributed by atoms with E-state index in [1.54, 1.807) is 0 Å². The largest absolute Gasteiger partial charge is 0.381 e. The Hall–Kier alpha value is -3.36. The van der Waals surface area contributed by atoms with E-state index in [0.29, 0.717) is 31.1 Å². The number of nitrogens with zero attached hydrogens (tertiary/aromatic N) is 2. The van der Waals surface area contributed by atoms with Gasteiger partial charge in [-0.3, -0.25) is 4.79 Å². The van der Waals surface area contributed by atoms with Gasteiger partial charge in [0.25, 0.3) is 5.56 Å². The van der Waals surface area contributed by atoms with Crippen LogP contribution in [0.1, 0.15) is 12.8 Å². The van der Waals surface area contributed by atoms with Crippen molar-refractivity contribution < 1.29 is 9.47 Å². The van der Waals surface area contributed by atoms with Crippen LogP contribution in [0.4, 0.5) is 11.4 Å². The van der Waals surface area contributed by atoms with Crippen LogP contribution in [0.3, 0.4) is 0 Å². The van der Waals surface area contributed by atoms with E-state index in [0.717, 1.165) is 65.8 Å². The minimum absolute atomic E-state index is 0.152. The van der Waals surface area contributed by atoms with Crippen LogP contribution in [0.5, 0.6) is 0 Å². The van der Waals surface area contributed by atoms with E-state index in [1.807, 2.05) is 36.4 Å². The van der Waals surface area contributed by atoms with Gasteiger partial charge in [0, 0.05) is 31.6 Å². The number of fused-ring (bicyclic) bond motifs is 2. The predicted octanol–water partition coefficient (Wildman–Crippen LogP) is 3.50. The molecule has 3 N–H and O–H groups in total. The number of aromatic nitrogens is 3. The molecule has 1 unspecified atom stereocenters. The average Bonchev–Trinajstić information content (AvgIpc) is 3.52. The van der Waals surface area contributed by atoms with E-state index in [1.165, 1.54) is 0 Å². The molecule has 2 aliphatic rings. The van der Waals surface area contributed by atoms with Gasteiger partial charge in [-0.2, -0.15) is 0 Å². The molecule has 2 aromatic carbocycles. The molecule has 33 heavy (non-hydrogen) atoms. The minimum atomic E-state index is -0.171. The van der Waals surface area contributed by atoms with Crippen molar-refractivity contribution in [3.63, 3.8) is 0 Å². The summed E-state index contributed by atoms with van der Waals surface area (Å²) in [5.74, 6) is 0.563. The lowest BCUT2D eigenvalue weighted by Crippen LogP contribution is -2.36. The number of pyridine rings is 1. The van der Waals surface area contributed by atoms with E-state index in [9.17, 15) is 4.79 Å². The summed E-state index contributed by atoms with van der Waals surface area (Å²) in [6.45, 7) is 4.51. The van der Waals surface area contributed by atoms with Crippen LogP contribution in [0.15, 0.2) is 47.3 Å². The van der Waals surface area contributed by atoms with Crippen molar-refractivity contribution in [2.24, 2.45) is 0 Å². The van der Waals surface area contributed by atoms with Crippen LogP contribution in [-0.2, 0) is 9.47 Å². The van der Waals surface area contributed by atoms with Crippen LogP contribution >= 0.6 is 0 Å². The molecular formula is C25H27N5O3. The number of morpholine rings is 1. The van der Waals surface area contributed by atoms with Gasteiger partial charge in [0.15, 0.2) is 0 Å². The topological polar surface area (TPSA) is 95.3 Å². The second kappa shape index (κ2) is 8.53. The first-order chi connectivity index (χ1) is 16.3. The first-order valence-electron chi connectivity index (χ1n) is 11.6. The SMILES string of the molecule is O=c1[nH]c2ccccc2c(NCC2CCCO2)c1-c1nc2c(N3CCOCC3)cccc2[nH]1. The fourth-order valence-corrected chi connectivity index (χ4v) is 4.87. The van der Waals surface area contributed by atoms with Gasteiger partial charge < -0.3 is 29.7 Å². The number of anilines is 2. The zero-order valence-corrected chi connectivity index (χ0v) is 18.4. The molecule has 4 heterocycles. The van der Waals surface area contributed by atoms with Gasteiger partial charge in [0.2, 0.25) is 0 Å². The second-order valence-corrected chi connectivity index (χ2v) is 8.62. The van der Waals surface area contributed by atoms with Crippen molar-refractivity contribution in [2.45, 2.75) is 18.9 Å². The van der Waals surface area contributed by atoms with Gasteiger partial charge >= 0.3 is 0 Å². The fraction of sp³-hybridized carbons (Fsp3) is 0.360. The molecule has 0 saturated carbocycles. The van der Waals surface area contributed by atoms with Crippen molar-refractivity contribution in [1.82, 2.24) is 15.0 Å². The summed E-state index contributed by atoms with van der Waals surface area (Å²) in [4.78, 5) is 27.0. The van der Waals surface area contributed by atoms with Crippen LogP contribution in [0.25, 0.3) is 33.3 Å². The Bertz CT molecular complexity index is 1350. The van der Waals surface area contributed by atoms with Crippen molar-refractivity contribution in [1.29, 1.82) is 0 Å². The van der Waals surface area contributed by atoms with Gasteiger partial charge in [-0.05, 0) is 31.0 Å². The molecule has 0 radical (unpaired) electrons. The number of imidazole rings is 1. The van der Waals surface area contributed by atoms with Gasteiger partial charge in [0.05, 0.1) is 41.7 Å². The lowest BCUT2D eigenvalue weighted by atomic mass is 10.1. The van der Waals surface area contributed by atoms with E-state index in [-0.39, 0.29) is 11.7 Å². The Morgan fingerprint density at radius 2 is 1.88 bits per heavy atom. The van der Waals surface area contributed by atoms with Gasteiger partial charge in [-0.1, -0.05) is 24.3 Å². The van der Waals surface area contributed by atoms with Crippen molar-refractivity contribution in [2.75, 3.05) is 49.7 Å². The fourth-order valence-electron chi connectivity index (χ4n) is 4.87. The summed E-state index contributed by atoms with van der Waals surface area (Å²) in [6, 6.07) is 14.0. The van der Waals surface area contributed by atoms with E-state index < -0.39 is 0 Å². The number of H-pyrrole nitrogens is 2. The molecule has 0 spiro atoms. The van der Waals surface area contributed by atoms with Gasteiger partial charge in [0.1, 0.15) is 16.9 Å². The first-order valence-corrected chi connectivity index (χ1v) is 11.6. The molecule has 1 atom stereocenters. The second-order valence-electron chi connectivity index (χ2n) is 8.62. The zero-order chi connectivity index (χ0) is 22.2. The van der Waals surface area contributed by atoms with E-state index in [4.69, 9.17) is 14.5 Å². The summed E-state index contributed by atoms with van der Waals surface area (Å²) >= 11 is 0. The number of nitrogens with one attached hydrogen (secondary N) is 3. The number of rotatable bonds is 5. The molecule has 170 valence electrons. The molecule has 2 aromatic heterocycles. The lowest BCUT2D eigenvalue weighted by Gasteiger charge is -2.28. The molecule has 8 heteroatoms. The summed E-state index contributed by atoms with van der Waals surface area (Å²) in [6.07, 6.45) is 2.25. The third kappa shape index (κ3) is 3.75. The molecule has 8 nitrogen and oxygen atoms in total. The average molecular weight is 446 g/mol. The quantitative estimate of drug-likeness (QED) is 0.435. The number of hydrogen-bond donors (Lipinski definition) is 3. The highest BCUT2D eigenvalue weighted by atomic mass is 16.5. The Morgan fingerprint density at radius 1 is 1.03 bits per heavy atom. The third-order valence-electron chi connectivity index (χ3n) is 6.53. The molecule has 6 rings (SSSR count). The highest BCUT2D eigenvalue weighted by Gasteiger charge is 2.22. The number of para-hydroxylation sites is 2. The molecule has 0 bridgehead atoms. The summed E-state index contributed by atoms with van der Waals surface area (Å²) in [5.41, 5.74) is 4.78. The van der Waals surface area contributed by atoms with Gasteiger partial charge in [-0.25, -0.2) is 4.98 Å². The molecule has 0 amide bonds. The molecule has 2 saturated heterocycles. The lowest BCUT2D eigenvalue weighted by molar-refractivity contribution is 0.120. The number of hydrogen-bond acceptors (Lipinski definition) is 6. The number of benzene rings is 2. The maximum atomic E-state index is 13.3. The highest BCUT2D eigenvalue weighted by molar-refractivity contribution is 6.00. The smallest absolute Gasteiger partial charge is 0.261 e. The van der Waals surface area contributed by atoms with Crippen molar-refractivity contribution >= 4 is 33.3 Å². The van der Waals surface area contributed by atoms with E-state index >= 15 is 0 Å². The summed E-state index contributed by atoms with van der Waals surface area (Å²) in [7, 11) is 0. The van der Waals surface area contributed by atoms with Crippen molar-refractivity contribution in [3.8, 4) is 11.4 Å². The standard InChI is InChI=1S/C25H27N5O3/c31-25-21(22(26-15-16-5-4-12-33-16)17-6-1-2-7-18(17)28-25)24-27-19-8-3-9-20(23(19)29-24)30-10-13-32-14-11-30/h1-3,6-9,16H,4-5,10-15H2,(H,27,29)(H2,26,28,31). The van der Waals surface area contributed by atoms with Gasteiger partial charge in [-0.15, -0.1) is 0 Å². The Balaban J connectivity index is 1.48. The highest BCUT2D eigenvalue weighted by Crippen LogP contribution is 2.33. The Kier molecular flexibility index (Phi) is 5.24. The first kappa shape index (κ1) is 20.3. The molecule has 4 aromatic rings. The van der Waals surface area contributed by atoms with Crippen LogP contribution in [0.2, 0.25) is 0 Å². The molecule has 2 fully saturated rings. The minimum Gasteiger partial charge on any atom is -0.381 e. The maximum Gasteiger partial charge on any atom is 0.261 e. The van der Waals surface area contributed by atoms with E-state index in [2.05, 4.69) is 26.3 Å². The third-order valence-corrected chi connectivity index (χ3v) is 6.53.